The zero-order valence-electron chi connectivity index (χ0n) is 18.0. The van der Waals surface area contributed by atoms with Gasteiger partial charge in [-0.1, -0.05) is 48.5 Å². The summed E-state index contributed by atoms with van der Waals surface area (Å²) in [6.45, 7) is 7.71. The van der Waals surface area contributed by atoms with Gasteiger partial charge in [0.25, 0.3) is 10.0 Å². The molecular formula is C23H25N5O2S. The maximum atomic E-state index is 13.4. The first-order valence-corrected chi connectivity index (χ1v) is 11.5. The minimum atomic E-state index is -3.85. The van der Waals surface area contributed by atoms with E-state index in [1.54, 1.807) is 25.5 Å². The molecule has 0 saturated heterocycles. The summed E-state index contributed by atoms with van der Waals surface area (Å²) in [4.78, 5) is 0.186. The van der Waals surface area contributed by atoms with Gasteiger partial charge in [-0.3, -0.25) is 9.40 Å². The molecule has 8 heteroatoms. The van der Waals surface area contributed by atoms with Crippen LogP contribution in [-0.4, -0.2) is 28.0 Å². The van der Waals surface area contributed by atoms with Crippen molar-refractivity contribution in [1.29, 1.82) is 0 Å². The Morgan fingerprint density at radius 3 is 2.06 bits per heavy atom. The molecule has 4 rings (SSSR count). The van der Waals surface area contributed by atoms with E-state index >= 15 is 0 Å². The number of hydrogen-bond donors (Lipinski definition) is 1. The molecular weight excluding hydrogens is 410 g/mol. The molecule has 160 valence electrons. The molecule has 0 unspecified atom stereocenters. The van der Waals surface area contributed by atoms with Crippen LogP contribution < -0.4 is 4.72 Å². The molecule has 0 aliphatic heterocycles. The van der Waals surface area contributed by atoms with Crippen molar-refractivity contribution in [3.8, 4) is 5.69 Å². The van der Waals surface area contributed by atoms with E-state index in [0.29, 0.717) is 29.3 Å². The highest BCUT2D eigenvalue weighted by Gasteiger charge is 2.27. The lowest BCUT2D eigenvalue weighted by Crippen LogP contribution is -2.16. The van der Waals surface area contributed by atoms with Gasteiger partial charge in [0.2, 0.25) is 0 Å². The average molecular weight is 436 g/mol. The lowest BCUT2D eigenvalue weighted by Gasteiger charge is -2.10. The predicted octanol–water partition coefficient (Wildman–Crippen LogP) is 4.15. The van der Waals surface area contributed by atoms with E-state index in [9.17, 15) is 8.42 Å². The monoisotopic (exact) mass is 435 g/mol. The zero-order valence-corrected chi connectivity index (χ0v) is 18.8. The molecule has 0 aliphatic rings. The summed E-state index contributed by atoms with van der Waals surface area (Å²) in [5, 5.41) is 9.02. The fraction of sp³-hybridized carbons (Fsp3) is 0.217. The molecule has 0 bridgehead atoms. The molecule has 4 aromatic rings. The van der Waals surface area contributed by atoms with Crippen LogP contribution in [0.25, 0.3) is 5.69 Å². The largest absolute Gasteiger partial charge is 0.276 e. The molecule has 2 aromatic carbocycles. The molecule has 0 radical (unpaired) electrons. The summed E-state index contributed by atoms with van der Waals surface area (Å²) in [5.74, 6) is 0. The van der Waals surface area contributed by atoms with Crippen molar-refractivity contribution in [3.05, 3.63) is 89.0 Å². The lowest BCUT2D eigenvalue weighted by molar-refractivity contribution is 0.600. The van der Waals surface area contributed by atoms with E-state index in [1.807, 2.05) is 72.3 Å². The number of rotatable bonds is 6. The van der Waals surface area contributed by atoms with Crippen LogP contribution in [0.3, 0.4) is 0 Å². The van der Waals surface area contributed by atoms with Crippen molar-refractivity contribution < 1.29 is 8.42 Å². The van der Waals surface area contributed by atoms with Crippen molar-refractivity contribution in [2.75, 3.05) is 4.72 Å². The number of benzene rings is 2. The fourth-order valence-corrected chi connectivity index (χ4v) is 5.35. The van der Waals surface area contributed by atoms with Crippen molar-refractivity contribution >= 4 is 15.7 Å². The first kappa shape index (κ1) is 20.9. The van der Waals surface area contributed by atoms with Crippen molar-refractivity contribution in [2.45, 2.75) is 39.1 Å². The second-order valence-electron chi connectivity index (χ2n) is 7.54. The van der Waals surface area contributed by atoms with Gasteiger partial charge in [-0.25, -0.2) is 13.1 Å². The minimum Gasteiger partial charge on any atom is -0.276 e. The van der Waals surface area contributed by atoms with Crippen LogP contribution in [0.2, 0.25) is 0 Å². The molecule has 7 nitrogen and oxygen atoms in total. The molecule has 0 atom stereocenters. The first-order valence-electron chi connectivity index (χ1n) is 10.0. The summed E-state index contributed by atoms with van der Waals surface area (Å²) in [7, 11) is -3.85. The van der Waals surface area contributed by atoms with Crippen molar-refractivity contribution in [1.82, 2.24) is 19.6 Å². The predicted molar refractivity (Wildman–Crippen MR) is 121 cm³/mol. The third-order valence-electron chi connectivity index (χ3n) is 5.29. The van der Waals surface area contributed by atoms with Crippen molar-refractivity contribution in [2.24, 2.45) is 0 Å². The number of nitrogens with zero attached hydrogens (tertiary/aromatic N) is 4. The highest BCUT2D eigenvalue weighted by Crippen LogP contribution is 2.28. The summed E-state index contributed by atoms with van der Waals surface area (Å²) in [6, 6.07) is 19.4. The van der Waals surface area contributed by atoms with E-state index in [-0.39, 0.29) is 4.90 Å². The van der Waals surface area contributed by atoms with Crippen LogP contribution in [-0.2, 0) is 16.6 Å². The zero-order chi connectivity index (χ0) is 22.2. The molecule has 1 N–H and O–H groups in total. The summed E-state index contributed by atoms with van der Waals surface area (Å²) >= 11 is 0. The van der Waals surface area contributed by atoms with Crippen LogP contribution >= 0.6 is 0 Å². The van der Waals surface area contributed by atoms with Crippen LogP contribution in [0.5, 0.6) is 0 Å². The molecule has 0 spiro atoms. The number of aryl methyl sites for hydroxylation is 2. The standard InChI is InChI=1S/C23H25N5O2S/c1-16-22(18(3)27(24-16)15-20-11-7-5-8-12-20)26-31(29,30)23-17(2)25-28(19(23)4)21-13-9-6-10-14-21/h5-14,26H,15H2,1-4H3. The minimum absolute atomic E-state index is 0.186. The van der Waals surface area contributed by atoms with Crippen molar-refractivity contribution in [3.63, 3.8) is 0 Å². The third kappa shape index (κ3) is 3.98. The Morgan fingerprint density at radius 1 is 0.806 bits per heavy atom. The van der Waals surface area contributed by atoms with Gasteiger partial charge in [-0.2, -0.15) is 10.2 Å². The van der Waals surface area contributed by atoms with Crippen LogP contribution in [0.4, 0.5) is 5.69 Å². The molecule has 2 heterocycles. The van der Waals surface area contributed by atoms with Gasteiger partial charge in [0.15, 0.2) is 0 Å². The Morgan fingerprint density at radius 2 is 1.42 bits per heavy atom. The van der Waals surface area contributed by atoms with Gasteiger partial charge in [-0.05, 0) is 45.4 Å². The molecule has 2 aromatic heterocycles. The van der Waals surface area contributed by atoms with E-state index in [0.717, 1.165) is 16.9 Å². The van der Waals surface area contributed by atoms with E-state index < -0.39 is 10.0 Å². The van der Waals surface area contributed by atoms with Gasteiger partial charge in [0, 0.05) is 0 Å². The van der Waals surface area contributed by atoms with Crippen LogP contribution in [0, 0.1) is 27.7 Å². The molecule has 0 aliphatic carbocycles. The average Bonchev–Trinajstić information content (AvgIpc) is 3.19. The van der Waals surface area contributed by atoms with Crippen LogP contribution in [0.1, 0.15) is 28.3 Å². The normalized spacial score (nSPS) is 11.6. The molecule has 0 amide bonds. The third-order valence-corrected chi connectivity index (χ3v) is 6.89. The Hall–Kier alpha value is -3.39. The summed E-state index contributed by atoms with van der Waals surface area (Å²) < 4.78 is 32.9. The maximum absolute atomic E-state index is 13.4. The Balaban J connectivity index is 1.68. The molecule has 31 heavy (non-hydrogen) atoms. The quantitative estimate of drug-likeness (QED) is 0.493. The van der Waals surface area contributed by atoms with Crippen LogP contribution in [0.15, 0.2) is 65.6 Å². The Bertz CT molecular complexity index is 1320. The van der Waals surface area contributed by atoms with Gasteiger partial charge < -0.3 is 0 Å². The number of anilines is 1. The number of sulfonamides is 1. The summed E-state index contributed by atoms with van der Waals surface area (Å²) in [6.07, 6.45) is 0. The maximum Gasteiger partial charge on any atom is 0.265 e. The molecule has 0 saturated carbocycles. The number of para-hydroxylation sites is 1. The van der Waals surface area contributed by atoms with Gasteiger partial charge in [0.1, 0.15) is 4.90 Å². The molecule has 0 fully saturated rings. The smallest absolute Gasteiger partial charge is 0.265 e. The van der Waals surface area contributed by atoms with E-state index in [4.69, 9.17) is 0 Å². The Kier molecular flexibility index (Phi) is 5.41. The first-order chi connectivity index (χ1) is 14.8. The van der Waals surface area contributed by atoms with E-state index in [1.165, 1.54) is 0 Å². The summed E-state index contributed by atoms with van der Waals surface area (Å²) in [5.41, 5.74) is 4.80. The van der Waals surface area contributed by atoms with Gasteiger partial charge in [0.05, 0.1) is 40.7 Å². The fourth-order valence-electron chi connectivity index (χ4n) is 3.78. The second kappa shape index (κ2) is 8.03. The number of aromatic nitrogens is 4. The van der Waals surface area contributed by atoms with Gasteiger partial charge in [-0.15, -0.1) is 0 Å². The van der Waals surface area contributed by atoms with Gasteiger partial charge >= 0.3 is 0 Å². The Labute approximate surface area is 182 Å². The highest BCUT2D eigenvalue weighted by molar-refractivity contribution is 7.92. The van der Waals surface area contributed by atoms with E-state index in [2.05, 4.69) is 14.9 Å². The lowest BCUT2D eigenvalue weighted by atomic mass is 10.2. The second-order valence-corrected chi connectivity index (χ2v) is 9.16. The highest BCUT2D eigenvalue weighted by atomic mass is 32.2. The SMILES string of the molecule is Cc1nn(Cc2ccccc2)c(C)c1NS(=O)(=O)c1c(C)nn(-c2ccccc2)c1C. The topological polar surface area (TPSA) is 81.8 Å². The number of nitrogens with one attached hydrogen (secondary N) is 1. The number of hydrogen-bond acceptors (Lipinski definition) is 4.